The molecule has 0 aliphatic rings. The molecule has 0 radical (unpaired) electrons. The highest BCUT2D eigenvalue weighted by Crippen LogP contribution is 2.19. The largest absolute Gasteiger partial charge is 0.369 e. The van der Waals surface area contributed by atoms with Crippen LogP contribution in [0.2, 0.25) is 0 Å². The summed E-state index contributed by atoms with van der Waals surface area (Å²) in [6.07, 6.45) is 1.73. The van der Waals surface area contributed by atoms with Crippen LogP contribution in [0.3, 0.4) is 0 Å². The fourth-order valence-electron chi connectivity index (χ4n) is 2.08. The van der Waals surface area contributed by atoms with Crippen molar-refractivity contribution >= 4 is 17.3 Å². The van der Waals surface area contributed by atoms with E-state index in [-0.39, 0.29) is 5.91 Å². The molecule has 4 heteroatoms. The minimum atomic E-state index is -0.0455. The number of hydrogen-bond acceptors (Lipinski definition) is 3. The molecule has 0 saturated carbocycles. The molecule has 0 fully saturated rings. The molecule has 2 N–H and O–H groups in total. The molecule has 0 spiro atoms. The van der Waals surface area contributed by atoms with Crippen molar-refractivity contribution in [2.24, 2.45) is 0 Å². The van der Waals surface area contributed by atoms with E-state index in [0.29, 0.717) is 19.1 Å². The summed E-state index contributed by atoms with van der Waals surface area (Å²) >= 11 is 0. The number of nitrogens with zero attached hydrogens (tertiary/aromatic N) is 1. The first kappa shape index (κ1) is 16.2. The number of carbonyl (C=O) groups excluding carboxylic acids is 1. The average Bonchev–Trinajstić information content (AvgIpc) is 2.41. The van der Waals surface area contributed by atoms with E-state index in [0.717, 1.165) is 12.2 Å². The molecule has 1 rings (SSSR count). The number of benzene rings is 1. The van der Waals surface area contributed by atoms with Crippen molar-refractivity contribution in [2.75, 3.05) is 29.9 Å². The van der Waals surface area contributed by atoms with Gasteiger partial charge in [-0.05, 0) is 45.0 Å². The normalized spacial score (nSPS) is 10.4. The quantitative estimate of drug-likeness (QED) is 0.566. The molecule has 0 unspecified atom stereocenters. The fraction of sp³-hybridized carbons (Fsp3) is 0.438. The Kier molecular flexibility index (Phi) is 6.81. The van der Waals surface area contributed by atoms with Gasteiger partial charge in [0.2, 0.25) is 5.91 Å². The minimum absolute atomic E-state index is 0.0455. The molecule has 110 valence electrons. The second kappa shape index (κ2) is 8.38. The van der Waals surface area contributed by atoms with Crippen molar-refractivity contribution in [2.45, 2.75) is 26.8 Å². The lowest BCUT2D eigenvalue weighted by Crippen LogP contribution is -2.30. The molecule has 0 aliphatic carbocycles. The van der Waals surface area contributed by atoms with Crippen LogP contribution in [-0.4, -0.2) is 31.6 Å². The Balaban J connectivity index is 2.58. The van der Waals surface area contributed by atoms with E-state index < -0.39 is 0 Å². The van der Waals surface area contributed by atoms with Crippen LogP contribution in [0.15, 0.2) is 36.9 Å². The number of carbonyl (C=O) groups is 1. The van der Waals surface area contributed by atoms with Gasteiger partial charge < -0.3 is 15.5 Å². The summed E-state index contributed by atoms with van der Waals surface area (Å²) in [5.74, 6) is -0.0455. The summed E-state index contributed by atoms with van der Waals surface area (Å²) in [5, 5.41) is 5.83. The molecular weight excluding hydrogens is 250 g/mol. The molecule has 1 aromatic carbocycles. The Morgan fingerprint density at radius 3 is 2.50 bits per heavy atom. The van der Waals surface area contributed by atoms with E-state index >= 15 is 0 Å². The lowest BCUT2D eigenvalue weighted by molar-refractivity contribution is -0.115. The third-order valence-corrected chi connectivity index (χ3v) is 3.02. The van der Waals surface area contributed by atoms with Crippen LogP contribution in [0.4, 0.5) is 11.4 Å². The van der Waals surface area contributed by atoms with E-state index in [1.54, 1.807) is 6.08 Å². The van der Waals surface area contributed by atoms with E-state index in [2.05, 4.69) is 42.9 Å². The van der Waals surface area contributed by atoms with Crippen LogP contribution >= 0.6 is 0 Å². The molecule has 1 amide bonds. The highest BCUT2D eigenvalue weighted by Gasteiger charge is 2.08. The van der Waals surface area contributed by atoms with E-state index in [1.807, 2.05) is 24.3 Å². The van der Waals surface area contributed by atoms with Crippen LogP contribution in [0.1, 0.15) is 20.8 Å². The third kappa shape index (κ3) is 5.05. The lowest BCUT2D eigenvalue weighted by Gasteiger charge is -2.27. The second-order valence-corrected chi connectivity index (χ2v) is 4.89. The van der Waals surface area contributed by atoms with Gasteiger partial charge in [-0.25, -0.2) is 0 Å². The number of rotatable bonds is 8. The Morgan fingerprint density at radius 1 is 1.35 bits per heavy atom. The zero-order valence-corrected chi connectivity index (χ0v) is 12.6. The van der Waals surface area contributed by atoms with Crippen LogP contribution < -0.4 is 15.5 Å². The number of anilines is 2. The van der Waals surface area contributed by atoms with Gasteiger partial charge in [-0.15, -0.1) is 6.58 Å². The molecule has 0 bridgehead atoms. The van der Waals surface area contributed by atoms with Gasteiger partial charge in [0.25, 0.3) is 0 Å². The fourth-order valence-corrected chi connectivity index (χ4v) is 2.08. The first-order valence-corrected chi connectivity index (χ1v) is 7.06. The third-order valence-electron chi connectivity index (χ3n) is 3.02. The van der Waals surface area contributed by atoms with E-state index in [9.17, 15) is 4.79 Å². The zero-order valence-electron chi connectivity index (χ0n) is 12.6. The van der Waals surface area contributed by atoms with Crippen molar-refractivity contribution in [1.29, 1.82) is 0 Å². The smallest absolute Gasteiger partial charge is 0.238 e. The van der Waals surface area contributed by atoms with Crippen LogP contribution in [0.25, 0.3) is 0 Å². The first-order chi connectivity index (χ1) is 9.58. The zero-order chi connectivity index (χ0) is 15.0. The molecular formula is C16H25N3O. The monoisotopic (exact) mass is 275 g/mol. The Hall–Kier alpha value is -1.81. The second-order valence-electron chi connectivity index (χ2n) is 4.89. The van der Waals surface area contributed by atoms with Gasteiger partial charge in [0.1, 0.15) is 0 Å². The van der Waals surface area contributed by atoms with Gasteiger partial charge in [-0.2, -0.15) is 0 Å². The first-order valence-electron chi connectivity index (χ1n) is 7.06. The average molecular weight is 275 g/mol. The molecule has 0 aromatic heterocycles. The van der Waals surface area contributed by atoms with Crippen molar-refractivity contribution in [1.82, 2.24) is 5.32 Å². The van der Waals surface area contributed by atoms with Gasteiger partial charge in [0.15, 0.2) is 0 Å². The molecule has 1 aromatic rings. The summed E-state index contributed by atoms with van der Waals surface area (Å²) in [6, 6.07) is 8.41. The number of hydrogen-bond donors (Lipinski definition) is 2. The van der Waals surface area contributed by atoms with E-state index in [1.165, 1.54) is 5.69 Å². The maximum Gasteiger partial charge on any atom is 0.238 e. The molecule has 20 heavy (non-hydrogen) atoms. The summed E-state index contributed by atoms with van der Waals surface area (Å²) in [4.78, 5) is 14.0. The highest BCUT2D eigenvalue weighted by atomic mass is 16.1. The van der Waals surface area contributed by atoms with Gasteiger partial charge in [-0.3, -0.25) is 4.79 Å². The summed E-state index contributed by atoms with van der Waals surface area (Å²) < 4.78 is 0. The number of amides is 1. The number of nitrogens with one attached hydrogen (secondary N) is 2. The van der Waals surface area contributed by atoms with Crippen LogP contribution in [-0.2, 0) is 4.79 Å². The Labute approximate surface area is 121 Å². The van der Waals surface area contributed by atoms with Crippen molar-refractivity contribution in [3.8, 4) is 0 Å². The van der Waals surface area contributed by atoms with Crippen molar-refractivity contribution in [3.63, 3.8) is 0 Å². The summed E-state index contributed by atoms with van der Waals surface area (Å²) in [5.41, 5.74) is 1.99. The molecule has 0 saturated heterocycles. The van der Waals surface area contributed by atoms with Crippen LogP contribution in [0, 0.1) is 0 Å². The highest BCUT2D eigenvalue weighted by molar-refractivity contribution is 5.92. The minimum Gasteiger partial charge on any atom is -0.369 e. The Morgan fingerprint density at radius 2 is 2.00 bits per heavy atom. The molecule has 0 atom stereocenters. The SMILES string of the molecule is C=CCNCC(=O)Nc1ccc(N(CC)C(C)C)cc1. The van der Waals surface area contributed by atoms with Gasteiger partial charge in [0.05, 0.1) is 6.54 Å². The van der Waals surface area contributed by atoms with Gasteiger partial charge in [0, 0.05) is 30.5 Å². The van der Waals surface area contributed by atoms with Crippen molar-refractivity contribution in [3.05, 3.63) is 36.9 Å². The van der Waals surface area contributed by atoms with Crippen molar-refractivity contribution < 1.29 is 4.79 Å². The lowest BCUT2D eigenvalue weighted by atomic mass is 10.2. The predicted octanol–water partition coefficient (Wildman–Crippen LogP) is 2.64. The maximum atomic E-state index is 11.7. The summed E-state index contributed by atoms with van der Waals surface area (Å²) in [7, 11) is 0. The molecule has 0 aliphatic heterocycles. The molecule has 4 nitrogen and oxygen atoms in total. The summed E-state index contributed by atoms with van der Waals surface area (Å²) in [6.45, 7) is 12.0. The van der Waals surface area contributed by atoms with Gasteiger partial charge in [-0.1, -0.05) is 6.08 Å². The molecule has 0 heterocycles. The van der Waals surface area contributed by atoms with Crippen LogP contribution in [0.5, 0.6) is 0 Å². The standard InChI is InChI=1S/C16H25N3O/c1-5-11-17-12-16(20)18-14-7-9-15(10-8-14)19(6-2)13(3)4/h5,7-10,13,17H,1,6,11-12H2,2-4H3,(H,18,20). The topological polar surface area (TPSA) is 44.4 Å². The van der Waals surface area contributed by atoms with E-state index in [4.69, 9.17) is 0 Å². The maximum absolute atomic E-state index is 11.7. The predicted molar refractivity (Wildman–Crippen MR) is 86.3 cm³/mol. The van der Waals surface area contributed by atoms with Gasteiger partial charge >= 0.3 is 0 Å². The Bertz CT molecular complexity index is 426.